The maximum absolute atomic E-state index is 12.5. The molecule has 3 aliphatic rings. The molecule has 132 valence electrons. The first kappa shape index (κ1) is 17.2. The van der Waals surface area contributed by atoms with Gasteiger partial charge in [0.05, 0.1) is 22.7 Å². The molecular formula is C14H24N2O5S2. The van der Waals surface area contributed by atoms with E-state index in [4.69, 9.17) is 0 Å². The number of likely N-dealkylation sites (tertiary alicyclic amines) is 1. The second-order valence-corrected chi connectivity index (χ2v) is 11.2. The van der Waals surface area contributed by atoms with Gasteiger partial charge < -0.3 is 4.90 Å². The van der Waals surface area contributed by atoms with E-state index >= 15 is 0 Å². The van der Waals surface area contributed by atoms with E-state index in [0.29, 0.717) is 45.4 Å². The van der Waals surface area contributed by atoms with Crippen LogP contribution in [0, 0.1) is 5.92 Å². The predicted octanol–water partition coefficient (Wildman–Crippen LogP) is -0.162. The van der Waals surface area contributed by atoms with Gasteiger partial charge in [-0.2, -0.15) is 0 Å². The summed E-state index contributed by atoms with van der Waals surface area (Å²) in [4.78, 5) is 14.1. The van der Waals surface area contributed by atoms with Crippen LogP contribution in [-0.4, -0.2) is 74.9 Å². The van der Waals surface area contributed by atoms with Crippen molar-refractivity contribution in [1.29, 1.82) is 0 Å². The molecule has 3 fully saturated rings. The molecule has 7 nitrogen and oxygen atoms in total. The first-order valence-electron chi connectivity index (χ1n) is 8.28. The monoisotopic (exact) mass is 364 g/mol. The Morgan fingerprint density at radius 2 is 1.57 bits per heavy atom. The lowest BCUT2D eigenvalue weighted by atomic mass is 10.0. The number of amides is 1. The molecule has 0 spiro atoms. The number of hydrogen-bond acceptors (Lipinski definition) is 5. The van der Waals surface area contributed by atoms with Gasteiger partial charge in [-0.25, -0.2) is 21.1 Å². The molecule has 9 heteroatoms. The van der Waals surface area contributed by atoms with Crippen LogP contribution in [0.25, 0.3) is 0 Å². The lowest BCUT2D eigenvalue weighted by Crippen LogP contribution is -2.47. The van der Waals surface area contributed by atoms with Gasteiger partial charge in [-0.3, -0.25) is 4.79 Å². The molecule has 1 atom stereocenters. The topological polar surface area (TPSA) is 91.8 Å². The van der Waals surface area contributed by atoms with Gasteiger partial charge in [-0.05, 0) is 32.1 Å². The third-order valence-corrected chi connectivity index (χ3v) is 9.35. The number of sulfonamides is 1. The Labute approximate surface area is 138 Å². The highest BCUT2D eigenvalue weighted by atomic mass is 32.2. The minimum Gasteiger partial charge on any atom is -0.342 e. The maximum Gasteiger partial charge on any atom is 0.226 e. The van der Waals surface area contributed by atoms with Crippen molar-refractivity contribution in [1.82, 2.24) is 9.21 Å². The fraction of sp³-hybridized carbons (Fsp3) is 0.929. The van der Waals surface area contributed by atoms with Crippen molar-refractivity contribution in [2.24, 2.45) is 5.92 Å². The van der Waals surface area contributed by atoms with Crippen LogP contribution in [0.15, 0.2) is 0 Å². The summed E-state index contributed by atoms with van der Waals surface area (Å²) >= 11 is 0. The predicted molar refractivity (Wildman–Crippen MR) is 86.1 cm³/mol. The van der Waals surface area contributed by atoms with Crippen molar-refractivity contribution < 1.29 is 21.6 Å². The molecule has 0 aromatic rings. The number of sulfone groups is 1. The SMILES string of the molecule is O=C(C1CCS(=O)(=O)C1)N1CCC(S(=O)(=O)N2CCCC2)CC1. The molecule has 0 bridgehead atoms. The van der Waals surface area contributed by atoms with Gasteiger partial charge in [0.1, 0.15) is 0 Å². The number of hydrogen-bond donors (Lipinski definition) is 0. The summed E-state index contributed by atoms with van der Waals surface area (Å²) in [5.41, 5.74) is 0. The zero-order valence-corrected chi connectivity index (χ0v) is 14.8. The van der Waals surface area contributed by atoms with E-state index in [2.05, 4.69) is 0 Å². The van der Waals surface area contributed by atoms with E-state index in [1.54, 1.807) is 9.21 Å². The molecule has 0 aliphatic carbocycles. The van der Waals surface area contributed by atoms with Crippen molar-refractivity contribution in [3.8, 4) is 0 Å². The van der Waals surface area contributed by atoms with Crippen LogP contribution in [0.5, 0.6) is 0 Å². The van der Waals surface area contributed by atoms with Crippen LogP contribution in [0.3, 0.4) is 0 Å². The molecule has 3 saturated heterocycles. The van der Waals surface area contributed by atoms with E-state index in [1.807, 2.05) is 0 Å². The molecule has 0 radical (unpaired) electrons. The smallest absolute Gasteiger partial charge is 0.226 e. The third kappa shape index (κ3) is 3.56. The number of rotatable bonds is 3. The highest BCUT2D eigenvalue weighted by Gasteiger charge is 2.40. The Kier molecular flexibility index (Phi) is 4.72. The first-order valence-corrected chi connectivity index (χ1v) is 11.6. The second kappa shape index (κ2) is 6.33. The summed E-state index contributed by atoms with van der Waals surface area (Å²) in [6.07, 6.45) is 3.14. The Bertz CT molecular complexity index is 659. The molecule has 0 aromatic heterocycles. The maximum atomic E-state index is 12.5. The van der Waals surface area contributed by atoms with Gasteiger partial charge in [0.15, 0.2) is 9.84 Å². The van der Waals surface area contributed by atoms with Crippen LogP contribution in [0.1, 0.15) is 32.1 Å². The van der Waals surface area contributed by atoms with Crippen LogP contribution in [0.4, 0.5) is 0 Å². The summed E-state index contributed by atoms with van der Waals surface area (Å²) in [7, 11) is -6.32. The highest BCUT2D eigenvalue weighted by Crippen LogP contribution is 2.27. The van der Waals surface area contributed by atoms with Crippen molar-refractivity contribution >= 4 is 25.8 Å². The van der Waals surface area contributed by atoms with E-state index in [0.717, 1.165) is 12.8 Å². The molecule has 3 rings (SSSR count). The largest absolute Gasteiger partial charge is 0.342 e. The van der Waals surface area contributed by atoms with Gasteiger partial charge in [-0.1, -0.05) is 0 Å². The van der Waals surface area contributed by atoms with Crippen molar-refractivity contribution in [2.75, 3.05) is 37.7 Å². The zero-order valence-electron chi connectivity index (χ0n) is 13.2. The van der Waals surface area contributed by atoms with E-state index in [9.17, 15) is 21.6 Å². The lowest BCUT2D eigenvalue weighted by Gasteiger charge is -2.34. The first-order chi connectivity index (χ1) is 10.8. The molecule has 3 heterocycles. The van der Waals surface area contributed by atoms with Gasteiger partial charge in [0.25, 0.3) is 0 Å². The quantitative estimate of drug-likeness (QED) is 0.694. The average Bonchev–Trinajstić information content (AvgIpc) is 3.16. The molecule has 0 saturated carbocycles. The Morgan fingerprint density at radius 3 is 2.09 bits per heavy atom. The van der Waals surface area contributed by atoms with Crippen LogP contribution in [0.2, 0.25) is 0 Å². The van der Waals surface area contributed by atoms with Gasteiger partial charge in [-0.15, -0.1) is 0 Å². The average molecular weight is 364 g/mol. The van der Waals surface area contributed by atoms with Crippen molar-refractivity contribution in [2.45, 2.75) is 37.4 Å². The highest BCUT2D eigenvalue weighted by molar-refractivity contribution is 7.91. The van der Waals surface area contributed by atoms with Gasteiger partial charge in [0.2, 0.25) is 15.9 Å². The Balaban J connectivity index is 1.57. The molecule has 1 unspecified atom stereocenters. The lowest BCUT2D eigenvalue weighted by molar-refractivity contribution is -0.135. The molecular weight excluding hydrogens is 340 g/mol. The molecule has 0 N–H and O–H groups in total. The van der Waals surface area contributed by atoms with Crippen LogP contribution < -0.4 is 0 Å². The third-order valence-electron chi connectivity index (χ3n) is 5.18. The van der Waals surface area contributed by atoms with E-state index in [1.165, 1.54) is 0 Å². The second-order valence-electron chi connectivity index (χ2n) is 6.78. The Hall–Kier alpha value is -0.670. The summed E-state index contributed by atoms with van der Waals surface area (Å²) in [6, 6.07) is 0. The van der Waals surface area contributed by atoms with E-state index < -0.39 is 31.0 Å². The van der Waals surface area contributed by atoms with Crippen molar-refractivity contribution in [3.63, 3.8) is 0 Å². The minimum atomic E-state index is -3.25. The molecule has 3 aliphatic heterocycles. The molecule has 0 aromatic carbocycles. The normalized spacial score (nSPS) is 29.9. The van der Waals surface area contributed by atoms with Gasteiger partial charge >= 0.3 is 0 Å². The van der Waals surface area contributed by atoms with Crippen molar-refractivity contribution in [3.05, 3.63) is 0 Å². The summed E-state index contributed by atoms with van der Waals surface area (Å²) in [5.74, 6) is -0.532. The fourth-order valence-electron chi connectivity index (χ4n) is 3.78. The standard InChI is InChI=1S/C14H24N2O5S2/c17-14(12-5-10-22(18,19)11-12)15-8-3-13(4-9-15)23(20,21)16-6-1-2-7-16/h12-13H,1-11H2. The van der Waals surface area contributed by atoms with E-state index in [-0.39, 0.29) is 17.4 Å². The Morgan fingerprint density at radius 1 is 0.957 bits per heavy atom. The zero-order chi connectivity index (χ0) is 16.7. The minimum absolute atomic E-state index is 0.0577. The summed E-state index contributed by atoms with van der Waals surface area (Å²) in [6.45, 7) is 2.04. The molecule has 23 heavy (non-hydrogen) atoms. The number of piperidine rings is 1. The van der Waals surface area contributed by atoms with Crippen LogP contribution in [-0.2, 0) is 24.7 Å². The van der Waals surface area contributed by atoms with Gasteiger partial charge in [0, 0.05) is 26.2 Å². The number of carbonyl (C=O) groups excluding carboxylic acids is 1. The number of carbonyl (C=O) groups is 1. The molecule has 1 amide bonds. The fourth-order valence-corrected chi connectivity index (χ4v) is 7.50. The summed E-state index contributed by atoms with van der Waals surface area (Å²) < 4.78 is 49.7. The summed E-state index contributed by atoms with van der Waals surface area (Å²) in [5, 5.41) is -0.406. The van der Waals surface area contributed by atoms with Crippen LogP contribution >= 0.6 is 0 Å². The number of nitrogens with zero attached hydrogens (tertiary/aromatic N) is 2.